The maximum Gasteiger partial charge on any atom is 0.261 e. The second kappa shape index (κ2) is 6.04. The van der Waals surface area contributed by atoms with Crippen molar-refractivity contribution in [1.82, 2.24) is 5.32 Å². The van der Waals surface area contributed by atoms with Crippen LogP contribution in [0.4, 0.5) is 4.39 Å². The van der Waals surface area contributed by atoms with E-state index < -0.39 is 11.9 Å². The number of rotatable bonds is 5. The summed E-state index contributed by atoms with van der Waals surface area (Å²) in [7, 11) is 0. The van der Waals surface area contributed by atoms with Gasteiger partial charge in [0.25, 0.3) is 5.91 Å². The minimum absolute atomic E-state index is 0.113. The number of fused-ring (bicyclic) bond motifs is 2. The van der Waals surface area contributed by atoms with E-state index in [9.17, 15) is 9.18 Å². The summed E-state index contributed by atoms with van der Waals surface area (Å²) in [6.07, 6.45) is 4.77. The lowest BCUT2D eigenvalue weighted by Crippen LogP contribution is -2.45. The fourth-order valence-corrected chi connectivity index (χ4v) is 3.71. The molecule has 2 saturated carbocycles. The van der Waals surface area contributed by atoms with Gasteiger partial charge in [0.15, 0.2) is 17.7 Å². The molecule has 1 aromatic rings. The van der Waals surface area contributed by atoms with Gasteiger partial charge in [0.1, 0.15) is 0 Å². The molecule has 0 unspecified atom stereocenters. The second-order valence-electron chi connectivity index (χ2n) is 6.24. The highest BCUT2D eigenvalue weighted by Gasteiger charge is 2.40. The molecule has 1 aromatic carbocycles. The van der Waals surface area contributed by atoms with Gasteiger partial charge in [0.2, 0.25) is 0 Å². The maximum absolute atomic E-state index is 13.6. The number of ether oxygens (including phenoxy) is 1. The van der Waals surface area contributed by atoms with Gasteiger partial charge in [0.05, 0.1) is 0 Å². The second-order valence-corrected chi connectivity index (χ2v) is 6.24. The van der Waals surface area contributed by atoms with Gasteiger partial charge < -0.3 is 10.1 Å². The minimum atomic E-state index is -0.624. The van der Waals surface area contributed by atoms with E-state index in [-0.39, 0.29) is 17.7 Å². The number of halogens is 1. The normalized spacial score (nSPS) is 28.4. The molecule has 0 aromatic heterocycles. The number of para-hydroxylation sites is 1. The van der Waals surface area contributed by atoms with E-state index in [1.165, 1.54) is 25.3 Å². The third-order valence-electron chi connectivity index (χ3n) is 4.83. The molecule has 0 spiro atoms. The van der Waals surface area contributed by atoms with Crippen LogP contribution in [0.5, 0.6) is 5.75 Å². The summed E-state index contributed by atoms with van der Waals surface area (Å²) in [5.41, 5.74) is 0. The minimum Gasteiger partial charge on any atom is -0.478 e. The van der Waals surface area contributed by atoms with E-state index in [1.54, 1.807) is 18.2 Å². The summed E-state index contributed by atoms with van der Waals surface area (Å²) in [5.74, 6) is 1.02. The fourth-order valence-electron chi connectivity index (χ4n) is 3.71. The molecule has 2 fully saturated rings. The van der Waals surface area contributed by atoms with Crippen LogP contribution < -0.4 is 10.1 Å². The molecule has 2 aliphatic carbocycles. The van der Waals surface area contributed by atoms with Crippen LogP contribution in [0.3, 0.4) is 0 Å². The lowest BCUT2D eigenvalue weighted by atomic mass is 9.95. The number of benzene rings is 1. The fraction of sp³-hybridized carbons (Fsp3) is 0.588. The first-order chi connectivity index (χ1) is 10.2. The van der Waals surface area contributed by atoms with Crippen molar-refractivity contribution in [2.45, 2.75) is 51.2 Å². The molecule has 0 saturated heterocycles. The molecule has 114 valence electrons. The highest BCUT2D eigenvalue weighted by Crippen LogP contribution is 2.44. The summed E-state index contributed by atoms with van der Waals surface area (Å²) in [4.78, 5) is 12.4. The van der Waals surface area contributed by atoms with E-state index in [2.05, 4.69) is 5.32 Å². The van der Waals surface area contributed by atoms with Crippen molar-refractivity contribution in [3.05, 3.63) is 30.1 Å². The van der Waals surface area contributed by atoms with Crippen molar-refractivity contribution >= 4 is 5.91 Å². The van der Waals surface area contributed by atoms with Crippen molar-refractivity contribution in [2.75, 3.05) is 0 Å². The summed E-state index contributed by atoms with van der Waals surface area (Å²) >= 11 is 0. The van der Waals surface area contributed by atoms with Crippen LogP contribution in [-0.4, -0.2) is 18.1 Å². The summed E-state index contributed by atoms with van der Waals surface area (Å²) < 4.78 is 19.2. The van der Waals surface area contributed by atoms with Crippen molar-refractivity contribution in [1.29, 1.82) is 0 Å². The van der Waals surface area contributed by atoms with E-state index in [1.807, 2.05) is 6.92 Å². The SMILES string of the molecule is CC[C@H](Oc1ccccc1F)C(=O)N[C@H]1C[C@H]2CC[C@H]1C2. The lowest BCUT2D eigenvalue weighted by Gasteiger charge is -2.25. The van der Waals surface area contributed by atoms with Crippen molar-refractivity contribution < 1.29 is 13.9 Å². The Morgan fingerprint density at radius 3 is 2.81 bits per heavy atom. The maximum atomic E-state index is 13.6. The Balaban J connectivity index is 1.60. The van der Waals surface area contributed by atoms with Gasteiger partial charge in [-0.2, -0.15) is 0 Å². The molecule has 21 heavy (non-hydrogen) atoms. The molecule has 1 amide bonds. The molecule has 3 nitrogen and oxygen atoms in total. The number of nitrogens with one attached hydrogen (secondary N) is 1. The zero-order valence-electron chi connectivity index (χ0n) is 12.3. The average molecular weight is 291 g/mol. The number of hydrogen-bond donors (Lipinski definition) is 1. The smallest absolute Gasteiger partial charge is 0.261 e. The number of carbonyl (C=O) groups excluding carboxylic acids is 1. The summed E-state index contributed by atoms with van der Waals surface area (Å²) in [5, 5.41) is 3.11. The Morgan fingerprint density at radius 1 is 1.38 bits per heavy atom. The third kappa shape index (κ3) is 3.04. The molecule has 1 N–H and O–H groups in total. The number of amides is 1. The first-order valence-corrected chi connectivity index (χ1v) is 7.89. The first-order valence-electron chi connectivity index (χ1n) is 7.89. The van der Waals surface area contributed by atoms with Crippen molar-refractivity contribution in [3.63, 3.8) is 0 Å². The molecule has 4 atom stereocenters. The molecule has 0 aliphatic heterocycles. The number of hydrogen-bond acceptors (Lipinski definition) is 2. The first kappa shape index (κ1) is 14.4. The van der Waals surface area contributed by atoms with Crippen LogP contribution in [0.15, 0.2) is 24.3 Å². The Labute approximate surface area is 124 Å². The van der Waals surface area contributed by atoms with Crippen LogP contribution in [-0.2, 0) is 4.79 Å². The molecule has 0 radical (unpaired) electrons. The molecular weight excluding hydrogens is 269 g/mol. The Hall–Kier alpha value is -1.58. The van der Waals surface area contributed by atoms with E-state index in [0.29, 0.717) is 12.3 Å². The van der Waals surface area contributed by atoms with Crippen LogP contribution >= 0.6 is 0 Å². The quantitative estimate of drug-likeness (QED) is 0.904. The van der Waals surface area contributed by atoms with Gasteiger partial charge in [0, 0.05) is 6.04 Å². The molecule has 3 rings (SSSR count). The van der Waals surface area contributed by atoms with Crippen LogP contribution in [0.25, 0.3) is 0 Å². The molecular formula is C17H22FNO2. The predicted molar refractivity (Wildman–Crippen MR) is 78.5 cm³/mol. The average Bonchev–Trinajstić information content (AvgIpc) is 3.09. The third-order valence-corrected chi connectivity index (χ3v) is 4.83. The van der Waals surface area contributed by atoms with E-state index >= 15 is 0 Å². The molecule has 4 heteroatoms. The van der Waals surface area contributed by atoms with Gasteiger partial charge in [-0.25, -0.2) is 4.39 Å². The highest BCUT2D eigenvalue weighted by atomic mass is 19.1. The van der Waals surface area contributed by atoms with Gasteiger partial charge in [-0.1, -0.05) is 25.5 Å². The zero-order valence-corrected chi connectivity index (χ0v) is 12.3. The van der Waals surface area contributed by atoms with E-state index in [4.69, 9.17) is 4.74 Å². The topological polar surface area (TPSA) is 38.3 Å². The standard InChI is InChI=1S/C17H22FNO2/c1-2-15(21-16-6-4-3-5-13(16)18)17(20)19-14-10-11-7-8-12(14)9-11/h3-6,11-12,14-15H,2,7-10H2,1H3,(H,19,20)/t11-,12-,14-,15-/m0/s1. The van der Waals surface area contributed by atoms with Crippen LogP contribution in [0.2, 0.25) is 0 Å². The largest absolute Gasteiger partial charge is 0.478 e. The Kier molecular flexibility index (Phi) is 4.13. The predicted octanol–water partition coefficient (Wildman–Crippen LogP) is 3.29. The Bertz CT molecular complexity index is 519. The highest BCUT2D eigenvalue weighted by molar-refractivity contribution is 5.81. The molecule has 2 bridgehead atoms. The summed E-state index contributed by atoms with van der Waals surface area (Å²) in [6, 6.07) is 6.50. The zero-order chi connectivity index (χ0) is 14.8. The van der Waals surface area contributed by atoms with E-state index in [0.717, 1.165) is 12.3 Å². The van der Waals surface area contributed by atoms with Gasteiger partial charge in [-0.3, -0.25) is 4.79 Å². The van der Waals surface area contributed by atoms with Gasteiger partial charge in [-0.05, 0) is 49.7 Å². The molecule has 2 aliphatic rings. The van der Waals surface area contributed by atoms with Gasteiger partial charge in [-0.15, -0.1) is 0 Å². The monoisotopic (exact) mass is 291 g/mol. The Morgan fingerprint density at radius 2 is 2.19 bits per heavy atom. The molecule has 0 heterocycles. The van der Waals surface area contributed by atoms with Crippen molar-refractivity contribution in [3.8, 4) is 5.75 Å². The van der Waals surface area contributed by atoms with Crippen LogP contribution in [0.1, 0.15) is 39.0 Å². The van der Waals surface area contributed by atoms with Gasteiger partial charge >= 0.3 is 0 Å². The summed E-state index contributed by atoms with van der Waals surface area (Å²) in [6.45, 7) is 1.88. The number of carbonyl (C=O) groups is 1. The van der Waals surface area contributed by atoms with Crippen molar-refractivity contribution in [2.24, 2.45) is 11.8 Å². The lowest BCUT2D eigenvalue weighted by molar-refractivity contribution is -0.129. The van der Waals surface area contributed by atoms with Crippen LogP contribution in [0, 0.1) is 17.7 Å².